The van der Waals surface area contributed by atoms with Crippen LogP contribution in [-0.2, 0) is 25.5 Å². The number of aliphatic hydroxyl groups is 1. The first kappa shape index (κ1) is 25.3. The number of carbonyl (C=O) groups excluding carboxylic acids is 2. The molecule has 1 amide bonds. The van der Waals surface area contributed by atoms with Crippen molar-refractivity contribution >= 4 is 29.4 Å². The number of carbonyl (C=O) groups is 3. The van der Waals surface area contributed by atoms with Gasteiger partial charge in [0.1, 0.15) is 5.82 Å². The van der Waals surface area contributed by atoms with Crippen molar-refractivity contribution in [1.82, 2.24) is 5.32 Å². The molecule has 0 radical (unpaired) electrons. The van der Waals surface area contributed by atoms with E-state index >= 15 is 0 Å². The highest BCUT2D eigenvalue weighted by Gasteiger charge is 2.36. The van der Waals surface area contributed by atoms with Crippen molar-refractivity contribution in [2.75, 3.05) is 13.2 Å². The van der Waals surface area contributed by atoms with Gasteiger partial charge in [-0.15, -0.1) is 0 Å². The number of ether oxygens (including phenoxy) is 1. The third kappa shape index (κ3) is 6.51. The Balaban J connectivity index is 2.25. The molecule has 32 heavy (non-hydrogen) atoms. The number of nitrogens with one attached hydrogen (secondary N) is 1. The minimum atomic E-state index is -1.53. The van der Waals surface area contributed by atoms with Crippen LogP contribution in [0.3, 0.4) is 0 Å². The molecule has 0 saturated heterocycles. The topological polar surface area (TPSA) is 113 Å². The van der Waals surface area contributed by atoms with Crippen LogP contribution in [-0.4, -0.2) is 47.3 Å². The van der Waals surface area contributed by atoms with Gasteiger partial charge in [0.25, 0.3) is 0 Å². The quantitative estimate of drug-likeness (QED) is 0.387. The van der Waals surface area contributed by atoms with Crippen molar-refractivity contribution in [3.05, 3.63) is 58.9 Å². The van der Waals surface area contributed by atoms with E-state index in [0.29, 0.717) is 21.7 Å². The van der Waals surface area contributed by atoms with Crippen LogP contribution in [0.15, 0.2) is 42.5 Å². The van der Waals surface area contributed by atoms with Gasteiger partial charge in [0.2, 0.25) is 0 Å². The van der Waals surface area contributed by atoms with Gasteiger partial charge in [0.15, 0.2) is 0 Å². The highest BCUT2D eigenvalue weighted by atomic mass is 35.5. The van der Waals surface area contributed by atoms with Crippen LogP contribution in [0.25, 0.3) is 11.1 Å². The Morgan fingerprint density at radius 3 is 2.41 bits per heavy atom. The molecule has 2 aromatic carbocycles. The van der Waals surface area contributed by atoms with Gasteiger partial charge < -0.3 is 20.3 Å². The van der Waals surface area contributed by atoms with E-state index in [1.165, 1.54) is 25.1 Å². The van der Waals surface area contributed by atoms with E-state index < -0.39 is 41.7 Å². The maximum atomic E-state index is 14.1. The number of hydrogen-bond acceptors (Lipinski definition) is 5. The summed E-state index contributed by atoms with van der Waals surface area (Å²) in [5.74, 6) is -3.74. The van der Waals surface area contributed by atoms with Gasteiger partial charge in [-0.3, -0.25) is 9.59 Å². The fraction of sp³-hybridized carbons (Fsp3) is 0.348. The smallest absolute Gasteiger partial charge is 0.396 e. The largest absolute Gasteiger partial charge is 0.481 e. The van der Waals surface area contributed by atoms with Gasteiger partial charge in [-0.05, 0) is 56.0 Å². The Kier molecular flexibility index (Phi) is 8.74. The summed E-state index contributed by atoms with van der Waals surface area (Å²) >= 11 is 5.95. The molecule has 0 aliphatic carbocycles. The predicted octanol–water partition coefficient (Wildman–Crippen LogP) is 3.21. The summed E-state index contributed by atoms with van der Waals surface area (Å²) in [6.45, 7) is 2.27. The van der Waals surface area contributed by atoms with Gasteiger partial charge >= 0.3 is 17.8 Å². The van der Waals surface area contributed by atoms with Crippen molar-refractivity contribution in [2.24, 2.45) is 5.41 Å². The summed E-state index contributed by atoms with van der Waals surface area (Å²) in [5.41, 5.74) is 0.0915. The van der Waals surface area contributed by atoms with E-state index in [2.05, 4.69) is 10.1 Å². The van der Waals surface area contributed by atoms with Gasteiger partial charge in [0.05, 0.1) is 18.6 Å². The maximum Gasteiger partial charge on any atom is 0.396 e. The summed E-state index contributed by atoms with van der Waals surface area (Å²) in [6.07, 6.45) is 0.0426. The normalized spacial score (nSPS) is 13.7. The molecule has 9 heteroatoms. The molecule has 2 unspecified atom stereocenters. The number of rotatable bonds is 9. The lowest BCUT2D eigenvalue weighted by molar-refractivity contribution is -0.155. The summed E-state index contributed by atoms with van der Waals surface area (Å²) < 4.78 is 18.8. The number of aliphatic carboxylic acids is 1. The average Bonchev–Trinajstić information content (AvgIpc) is 2.75. The number of carboxylic acids is 1. The Labute approximate surface area is 190 Å². The van der Waals surface area contributed by atoms with E-state index in [-0.39, 0.29) is 19.4 Å². The van der Waals surface area contributed by atoms with Crippen LogP contribution in [0.2, 0.25) is 5.02 Å². The van der Waals surface area contributed by atoms with E-state index in [0.717, 1.165) is 0 Å². The fourth-order valence-corrected chi connectivity index (χ4v) is 3.37. The monoisotopic (exact) mass is 465 g/mol. The van der Waals surface area contributed by atoms with Crippen LogP contribution in [0.5, 0.6) is 0 Å². The van der Waals surface area contributed by atoms with Crippen molar-refractivity contribution < 1.29 is 33.7 Å². The first-order chi connectivity index (χ1) is 15.1. The summed E-state index contributed by atoms with van der Waals surface area (Å²) in [6, 6.07) is 10.2. The molecule has 2 atom stereocenters. The Hall–Kier alpha value is -2.97. The lowest BCUT2D eigenvalue weighted by Gasteiger charge is -2.28. The number of halogens is 2. The molecule has 0 aromatic heterocycles. The van der Waals surface area contributed by atoms with Crippen molar-refractivity contribution in [3.63, 3.8) is 0 Å². The number of hydrogen-bond donors (Lipinski definition) is 3. The van der Waals surface area contributed by atoms with Crippen LogP contribution in [0, 0.1) is 11.2 Å². The van der Waals surface area contributed by atoms with Crippen molar-refractivity contribution in [1.29, 1.82) is 0 Å². The number of aliphatic hydroxyl groups excluding tert-OH is 1. The fourth-order valence-electron chi connectivity index (χ4n) is 3.20. The molecule has 3 N–H and O–H groups in total. The highest BCUT2D eigenvalue weighted by molar-refractivity contribution is 6.32. The average molecular weight is 466 g/mol. The third-order valence-electron chi connectivity index (χ3n) is 5.03. The second-order valence-electron chi connectivity index (χ2n) is 7.64. The molecule has 2 aromatic rings. The van der Waals surface area contributed by atoms with Gasteiger partial charge in [-0.1, -0.05) is 35.9 Å². The third-order valence-corrected chi connectivity index (χ3v) is 5.27. The number of amides is 1. The molecular formula is C23H25ClFNO6. The van der Waals surface area contributed by atoms with E-state index in [4.69, 9.17) is 11.6 Å². The molecule has 7 nitrogen and oxygen atoms in total. The Bertz CT molecular complexity index is 981. The summed E-state index contributed by atoms with van der Waals surface area (Å²) in [5, 5.41) is 21.9. The van der Waals surface area contributed by atoms with Crippen molar-refractivity contribution in [3.8, 4) is 11.1 Å². The lowest BCUT2D eigenvalue weighted by atomic mass is 9.82. The lowest BCUT2D eigenvalue weighted by Crippen LogP contribution is -2.46. The zero-order valence-electron chi connectivity index (χ0n) is 17.7. The van der Waals surface area contributed by atoms with E-state index in [1.807, 2.05) is 0 Å². The van der Waals surface area contributed by atoms with Crippen molar-refractivity contribution in [2.45, 2.75) is 32.7 Å². The van der Waals surface area contributed by atoms with Gasteiger partial charge in [-0.25, -0.2) is 9.18 Å². The first-order valence-electron chi connectivity index (χ1n) is 9.96. The zero-order chi connectivity index (χ0) is 23.9. The number of carboxylic acid groups (broad SMARTS) is 1. The summed E-state index contributed by atoms with van der Waals surface area (Å²) in [7, 11) is 0. The molecule has 0 bridgehead atoms. The molecule has 0 aliphatic rings. The molecular weight excluding hydrogens is 441 g/mol. The van der Waals surface area contributed by atoms with Crippen LogP contribution >= 0.6 is 11.6 Å². The molecule has 0 heterocycles. The van der Waals surface area contributed by atoms with E-state index in [1.54, 1.807) is 31.2 Å². The predicted molar refractivity (Wildman–Crippen MR) is 117 cm³/mol. The van der Waals surface area contributed by atoms with Gasteiger partial charge in [-0.2, -0.15) is 0 Å². The van der Waals surface area contributed by atoms with Gasteiger partial charge in [0, 0.05) is 16.6 Å². The number of esters is 1. The highest BCUT2D eigenvalue weighted by Crippen LogP contribution is 2.28. The van der Waals surface area contributed by atoms with Crippen LogP contribution in [0.1, 0.15) is 25.8 Å². The second kappa shape index (κ2) is 11.1. The first-order valence-corrected chi connectivity index (χ1v) is 10.3. The molecule has 2 rings (SSSR count). The minimum absolute atomic E-state index is 0.0158. The molecule has 0 aliphatic heterocycles. The maximum absolute atomic E-state index is 14.1. The minimum Gasteiger partial charge on any atom is -0.481 e. The summed E-state index contributed by atoms with van der Waals surface area (Å²) in [4.78, 5) is 35.5. The van der Waals surface area contributed by atoms with Crippen LogP contribution < -0.4 is 5.32 Å². The Morgan fingerprint density at radius 1 is 1.19 bits per heavy atom. The Morgan fingerprint density at radius 2 is 1.84 bits per heavy atom. The number of benzene rings is 2. The van der Waals surface area contributed by atoms with Crippen LogP contribution in [0.4, 0.5) is 4.39 Å². The molecule has 0 spiro atoms. The standard InChI is InChI=1S/C23H25ClFNO6/c1-3-32-21(29)20(28)26-17(12-23(2,13-27)22(30)31)10-14-4-6-15(7-5-14)18-11-16(24)8-9-19(18)25/h4-9,11,17,27H,3,10,12-13H2,1-2H3,(H,26,28)(H,30,31). The SMILES string of the molecule is CCOC(=O)C(=O)NC(Cc1ccc(-c2cc(Cl)ccc2F)cc1)CC(C)(CO)C(=O)O. The molecule has 172 valence electrons. The van der Waals surface area contributed by atoms with E-state index in [9.17, 15) is 29.0 Å². The zero-order valence-corrected chi connectivity index (χ0v) is 18.5. The molecule has 0 fully saturated rings. The molecule has 0 saturated carbocycles. The second-order valence-corrected chi connectivity index (χ2v) is 8.08.